The Bertz CT molecular complexity index is 63.1. The van der Waals surface area contributed by atoms with Crippen LogP contribution in [0, 0.1) is 0 Å². The summed E-state index contributed by atoms with van der Waals surface area (Å²) in [5, 5.41) is 0. The lowest BCUT2D eigenvalue weighted by molar-refractivity contribution is 0.664. The summed E-state index contributed by atoms with van der Waals surface area (Å²) >= 11 is 0. The van der Waals surface area contributed by atoms with E-state index in [0.29, 0.717) is 19.0 Å². The Balaban J connectivity index is 2.33. The van der Waals surface area contributed by atoms with E-state index in [1.165, 1.54) is 12.8 Å². The van der Waals surface area contributed by atoms with Crippen LogP contribution in [-0.4, -0.2) is 19.0 Å². The number of hydrogen-bond donors (Lipinski definition) is 0. The van der Waals surface area contributed by atoms with Crippen molar-refractivity contribution in [3.8, 4) is 0 Å². The lowest BCUT2D eigenvalue weighted by atomic mass is 10.2. The van der Waals surface area contributed by atoms with Crippen LogP contribution in [0.2, 0.25) is 10.3 Å². The fourth-order valence-electron chi connectivity index (χ4n) is 1.63. The van der Waals surface area contributed by atoms with Gasteiger partial charge in [-0.1, -0.05) is 32.4 Å². The summed E-state index contributed by atoms with van der Waals surface area (Å²) in [5.41, 5.74) is 1.77. The second-order valence-corrected chi connectivity index (χ2v) is 10.9. The molecule has 0 N–H and O–H groups in total. The summed E-state index contributed by atoms with van der Waals surface area (Å²) in [6.45, 7) is 4.78. The largest absolute Gasteiger partial charge is 0.0717 e. The topological polar surface area (TPSA) is 0 Å². The van der Waals surface area contributed by atoms with Gasteiger partial charge in [-0.15, -0.1) is 0 Å². The van der Waals surface area contributed by atoms with Crippen molar-refractivity contribution in [1.29, 1.82) is 0 Å². The summed E-state index contributed by atoms with van der Waals surface area (Å²) in [4.78, 5) is 0. The van der Waals surface area contributed by atoms with Gasteiger partial charge in [-0.25, -0.2) is 0 Å². The third-order valence-corrected chi connectivity index (χ3v) is 12.0. The molecule has 1 heterocycles. The molecule has 0 aromatic rings. The predicted molar refractivity (Wildman–Crippen MR) is 45.2 cm³/mol. The van der Waals surface area contributed by atoms with E-state index in [9.17, 15) is 0 Å². The van der Waals surface area contributed by atoms with E-state index in [1.54, 1.807) is 5.67 Å². The molecule has 0 unspecified atom stereocenters. The van der Waals surface area contributed by atoms with Crippen molar-refractivity contribution in [1.82, 2.24) is 0 Å². The molecule has 0 nitrogen and oxygen atoms in total. The second kappa shape index (κ2) is 2.35. The third-order valence-electron chi connectivity index (χ3n) is 2.91. The lowest BCUT2D eigenvalue weighted by Gasteiger charge is -2.39. The van der Waals surface area contributed by atoms with Gasteiger partial charge in [0.25, 0.3) is 0 Å². The van der Waals surface area contributed by atoms with Crippen molar-refractivity contribution in [2.45, 2.75) is 37.0 Å². The molecule has 0 aromatic heterocycles. The zero-order valence-electron chi connectivity index (χ0n) is 6.04. The molecule has 1 saturated heterocycles. The molecule has 0 bridgehead atoms. The van der Waals surface area contributed by atoms with E-state index in [4.69, 9.17) is 0 Å². The maximum atomic E-state index is 2.39. The summed E-state index contributed by atoms with van der Waals surface area (Å²) in [5.74, 6) is 0. The molecule has 1 fully saturated rings. The highest BCUT2D eigenvalue weighted by Crippen LogP contribution is 2.40. The Morgan fingerprint density at radius 2 is 1.75 bits per heavy atom. The number of hydrogen-bond acceptors (Lipinski definition) is 0. The highest BCUT2D eigenvalue weighted by atomic mass is 28.3. The molecule has 0 aliphatic carbocycles. The van der Waals surface area contributed by atoms with Crippen LogP contribution < -0.4 is 0 Å². The van der Waals surface area contributed by atoms with Crippen LogP contribution in [0.3, 0.4) is 0 Å². The molecule has 0 saturated carbocycles. The molecule has 2 heteroatoms. The van der Waals surface area contributed by atoms with Gasteiger partial charge in [-0.3, -0.25) is 0 Å². The molecule has 0 radical (unpaired) electrons. The van der Waals surface area contributed by atoms with Gasteiger partial charge in [0, 0.05) is 19.0 Å². The van der Waals surface area contributed by atoms with Crippen molar-refractivity contribution >= 4 is 19.0 Å². The van der Waals surface area contributed by atoms with Gasteiger partial charge in [0.15, 0.2) is 0 Å². The molecule has 0 aromatic carbocycles. The van der Waals surface area contributed by atoms with Gasteiger partial charge in [0.05, 0.1) is 0 Å². The van der Waals surface area contributed by atoms with Crippen LogP contribution in [0.5, 0.6) is 0 Å². The minimum absolute atomic E-state index is 0.474. The Kier molecular flexibility index (Phi) is 1.93. The Morgan fingerprint density at radius 3 is 1.75 bits per heavy atom. The van der Waals surface area contributed by atoms with Crippen LogP contribution in [0.25, 0.3) is 0 Å². The molecule has 1 rings (SSSR count). The highest BCUT2D eigenvalue weighted by molar-refractivity contribution is 6.80. The van der Waals surface area contributed by atoms with Crippen molar-refractivity contribution in [3.05, 3.63) is 0 Å². The first-order valence-corrected chi connectivity index (χ1v) is 7.24. The van der Waals surface area contributed by atoms with Gasteiger partial charge >= 0.3 is 0 Å². The van der Waals surface area contributed by atoms with Crippen molar-refractivity contribution in [3.63, 3.8) is 0 Å². The second-order valence-electron chi connectivity index (χ2n) is 3.06. The molecular weight excluding hydrogens is 128 g/mol. The quantitative estimate of drug-likeness (QED) is 0.499. The van der Waals surface area contributed by atoms with Crippen molar-refractivity contribution in [2.24, 2.45) is 0 Å². The molecule has 0 spiro atoms. The van der Waals surface area contributed by atoms with Gasteiger partial charge in [-0.2, -0.15) is 0 Å². The average Bonchev–Trinajstić information content (AvgIpc) is 1.67. The van der Waals surface area contributed by atoms with Crippen LogP contribution in [0.15, 0.2) is 0 Å². The van der Waals surface area contributed by atoms with Gasteiger partial charge in [0.2, 0.25) is 0 Å². The Morgan fingerprint density at radius 1 is 1.25 bits per heavy atom. The standard InChI is InChI=1S/C6H16Si2/c1-3-6(4-2)7-5-8-6/h3-5,7-8H2,1-2H3. The molecule has 0 amide bonds. The molecular formula is C6H16Si2. The van der Waals surface area contributed by atoms with Crippen molar-refractivity contribution < 1.29 is 0 Å². The zero-order chi connectivity index (χ0) is 6.04. The monoisotopic (exact) mass is 144 g/mol. The fourth-order valence-corrected chi connectivity index (χ4v) is 8.46. The van der Waals surface area contributed by atoms with Crippen LogP contribution in [0.1, 0.15) is 26.7 Å². The first-order chi connectivity index (χ1) is 3.83. The van der Waals surface area contributed by atoms with Crippen LogP contribution in [-0.2, 0) is 0 Å². The summed E-state index contributed by atoms with van der Waals surface area (Å²) in [6, 6.07) is 0. The minimum atomic E-state index is 0.474. The molecule has 48 valence electrons. The maximum absolute atomic E-state index is 2.39. The Labute approximate surface area is 56.7 Å². The molecule has 8 heavy (non-hydrogen) atoms. The number of rotatable bonds is 2. The lowest BCUT2D eigenvalue weighted by Crippen LogP contribution is -2.37. The van der Waals surface area contributed by atoms with E-state index >= 15 is 0 Å². The van der Waals surface area contributed by atoms with E-state index in [2.05, 4.69) is 13.8 Å². The minimum Gasteiger partial charge on any atom is -0.0717 e. The van der Waals surface area contributed by atoms with E-state index < -0.39 is 0 Å². The molecule has 1 aliphatic heterocycles. The van der Waals surface area contributed by atoms with E-state index in [1.807, 2.05) is 0 Å². The van der Waals surface area contributed by atoms with Crippen molar-refractivity contribution in [2.75, 3.05) is 0 Å². The smallest absolute Gasteiger partial charge is 0.0200 e. The normalized spacial score (nSPS) is 30.8. The summed E-state index contributed by atoms with van der Waals surface area (Å²) in [6.07, 6.45) is 3.06. The predicted octanol–water partition coefficient (Wildman–Crippen LogP) is 0.650. The fraction of sp³-hybridized carbons (Fsp3) is 1.00. The third kappa shape index (κ3) is 0.912. The van der Waals surface area contributed by atoms with Gasteiger partial charge < -0.3 is 0 Å². The first-order valence-electron chi connectivity index (χ1n) is 3.83. The first kappa shape index (κ1) is 6.55. The summed E-state index contributed by atoms with van der Waals surface area (Å²) in [7, 11) is 0.948. The van der Waals surface area contributed by atoms with E-state index in [0.717, 1.165) is 4.66 Å². The van der Waals surface area contributed by atoms with Gasteiger partial charge in [0.1, 0.15) is 0 Å². The molecule has 1 aliphatic rings. The molecule has 0 atom stereocenters. The zero-order valence-corrected chi connectivity index (χ0v) is 8.86. The Hall–Kier alpha value is 0.434. The maximum Gasteiger partial charge on any atom is 0.0200 e. The van der Waals surface area contributed by atoms with Gasteiger partial charge in [-0.05, 0) is 4.66 Å². The van der Waals surface area contributed by atoms with Crippen LogP contribution in [0.4, 0.5) is 0 Å². The average molecular weight is 144 g/mol. The van der Waals surface area contributed by atoms with E-state index in [-0.39, 0.29) is 0 Å². The SMILES string of the molecule is CCC1(CC)[SiH2]C[SiH2]1. The highest BCUT2D eigenvalue weighted by Gasteiger charge is 2.33. The van der Waals surface area contributed by atoms with Crippen LogP contribution >= 0.6 is 0 Å². The summed E-state index contributed by atoms with van der Waals surface area (Å²) < 4.78 is 1.08.